The third kappa shape index (κ3) is 5.33. The lowest BCUT2D eigenvalue weighted by atomic mass is 10.1. The minimum atomic E-state index is 0.0588. The lowest BCUT2D eigenvalue weighted by Crippen LogP contribution is -2.35. The summed E-state index contributed by atoms with van der Waals surface area (Å²) < 4.78 is 0. The van der Waals surface area contributed by atoms with Gasteiger partial charge >= 0.3 is 0 Å². The van der Waals surface area contributed by atoms with E-state index >= 15 is 0 Å². The van der Waals surface area contributed by atoms with E-state index in [1.54, 1.807) is 11.3 Å². The normalized spacial score (nSPS) is 10.8. The summed E-state index contributed by atoms with van der Waals surface area (Å²) in [6.07, 6.45) is 0. The van der Waals surface area contributed by atoms with Gasteiger partial charge in [0.2, 0.25) is 5.91 Å². The third-order valence-electron chi connectivity index (χ3n) is 3.05. The molecule has 0 aliphatic heterocycles. The van der Waals surface area contributed by atoms with Gasteiger partial charge in [0.1, 0.15) is 0 Å². The predicted molar refractivity (Wildman–Crippen MR) is 89.3 cm³/mol. The Bertz CT molecular complexity index is 563. The molecule has 2 N–H and O–H groups in total. The highest BCUT2D eigenvalue weighted by molar-refractivity contribution is 7.10. The monoisotopic (exact) mass is 302 g/mol. The predicted octanol–water partition coefficient (Wildman–Crippen LogP) is 3.28. The highest BCUT2D eigenvalue weighted by Crippen LogP contribution is 2.25. The van der Waals surface area contributed by atoms with E-state index in [0.717, 1.165) is 13.1 Å². The smallest absolute Gasteiger partial charge is 0.233 e. The van der Waals surface area contributed by atoms with Gasteiger partial charge in [-0.1, -0.05) is 44.2 Å². The molecular weight excluding hydrogens is 280 g/mol. The van der Waals surface area contributed by atoms with Crippen LogP contribution in [0.4, 0.5) is 0 Å². The molecule has 0 bridgehead atoms. The zero-order valence-electron chi connectivity index (χ0n) is 12.6. The highest BCUT2D eigenvalue weighted by atomic mass is 32.1. The average Bonchev–Trinajstić information content (AvgIpc) is 2.95. The lowest BCUT2D eigenvalue weighted by Gasteiger charge is -2.07. The number of hydrogen-bond acceptors (Lipinski definition) is 3. The van der Waals surface area contributed by atoms with Crippen LogP contribution in [0.5, 0.6) is 0 Å². The van der Waals surface area contributed by atoms with E-state index in [-0.39, 0.29) is 5.91 Å². The molecule has 0 unspecified atom stereocenters. The molecule has 21 heavy (non-hydrogen) atoms. The second-order valence-corrected chi connectivity index (χ2v) is 6.46. The standard InChI is InChI=1S/C17H22N2OS/c1-13(2)9-19-17(20)11-18-10-16-8-15(12-21-16)14-6-4-3-5-7-14/h3-8,12-13,18H,9-11H2,1-2H3,(H,19,20). The van der Waals surface area contributed by atoms with Crippen LogP contribution in [0, 0.1) is 5.92 Å². The van der Waals surface area contributed by atoms with Crippen LogP contribution < -0.4 is 10.6 Å². The molecule has 1 amide bonds. The zero-order chi connectivity index (χ0) is 15.1. The van der Waals surface area contributed by atoms with Crippen LogP contribution in [-0.4, -0.2) is 19.0 Å². The van der Waals surface area contributed by atoms with Crippen LogP contribution in [0.25, 0.3) is 11.1 Å². The maximum atomic E-state index is 11.6. The fourth-order valence-electron chi connectivity index (χ4n) is 1.94. The Kier molecular flexibility index (Phi) is 5.96. The van der Waals surface area contributed by atoms with Gasteiger partial charge in [-0.05, 0) is 28.5 Å². The maximum absolute atomic E-state index is 11.6. The molecule has 0 atom stereocenters. The number of amides is 1. The summed E-state index contributed by atoms with van der Waals surface area (Å²) in [7, 11) is 0. The van der Waals surface area contributed by atoms with Gasteiger partial charge in [-0.3, -0.25) is 4.79 Å². The van der Waals surface area contributed by atoms with Crippen molar-refractivity contribution in [1.82, 2.24) is 10.6 Å². The SMILES string of the molecule is CC(C)CNC(=O)CNCc1cc(-c2ccccc2)cs1. The molecule has 0 aliphatic rings. The van der Waals surface area contributed by atoms with Crippen molar-refractivity contribution in [2.75, 3.05) is 13.1 Å². The number of carbonyl (C=O) groups is 1. The largest absolute Gasteiger partial charge is 0.355 e. The lowest BCUT2D eigenvalue weighted by molar-refractivity contribution is -0.120. The first-order valence-electron chi connectivity index (χ1n) is 7.25. The van der Waals surface area contributed by atoms with Gasteiger partial charge in [0.25, 0.3) is 0 Å². The molecule has 0 spiro atoms. The Morgan fingerprint density at radius 2 is 1.95 bits per heavy atom. The van der Waals surface area contributed by atoms with Crippen LogP contribution >= 0.6 is 11.3 Å². The van der Waals surface area contributed by atoms with Gasteiger partial charge in [-0.15, -0.1) is 11.3 Å². The first-order chi connectivity index (χ1) is 10.1. The molecule has 3 nitrogen and oxygen atoms in total. The van der Waals surface area contributed by atoms with Crippen LogP contribution in [-0.2, 0) is 11.3 Å². The fourth-order valence-corrected chi connectivity index (χ4v) is 2.80. The van der Waals surface area contributed by atoms with Gasteiger partial charge in [0.15, 0.2) is 0 Å². The van der Waals surface area contributed by atoms with Crippen LogP contribution in [0.2, 0.25) is 0 Å². The van der Waals surface area contributed by atoms with Crippen LogP contribution in [0.1, 0.15) is 18.7 Å². The minimum absolute atomic E-state index is 0.0588. The molecule has 0 aliphatic carbocycles. The van der Waals surface area contributed by atoms with E-state index in [4.69, 9.17) is 0 Å². The molecule has 1 aromatic heterocycles. The quantitative estimate of drug-likeness (QED) is 0.824. The topological polar surface area (TPSA) is 41.1 Å². The van der Waals surface area contributed by atoms with E-state index in [0.29, 0.717) is 12.5 Å². The molecule has 0 fully saturated rings. The Morgan fingerprint density at radius 1 is 1.19 bits per heavy atom. The molecule has 1 aromatic carbocycles. The first kappa shape index (κ1) is 15.7. The number of thiophene rings is 1. The summed E-state index contributed by atoms with van der Waals surface area (Å²) in [6, 6.07) is 12.5. The average molecular weight is 302 g/mol. The summed E-state index contributed by atoms with van der Waals surface area (Å²) in [5.41, 5.74) is 2.47. The Morgan fingerprint density at radius 3 is 2.67 bits per heavy atom. The molecule has 112 valence electrons. The molecule has 0 saturated carbocycles. The molecule has 0 saturated heterocycles. The first-order valence-corrected chi connectivity index (χ1v) is 8.13. The van der Waals surface area contributed by atoms with E-state index in [1.807, 2.05) is 18.2 Å². The molecule has 1 heterocycles. The van der Waals surface area contributed by atoms with Crippen LogP contribution in [0.3, 0.4) is 0 Å². The summed E-state index contributed by atoms with van der Waals surface area (Å²) in [6.45, 7) is 6.00. The highest BCUT2D eigenvalue weighted by Gasteiger charge is 2.04. The van der Waals surface area contributed by atoms with E-state index < -0.39 is 0 Å². The van der Waals surface area contributed by atoms with Gasteiger partial charge in [-0.25, -0.2) is 0 Å². The van der Waals surface area contributed by atoms with Crippen molar-refractivity contribution in [2.24, 2.45) is 5.92 Å². The maximum Gasteiger partial charge on any atom is 0.233 e. The van der Waals surface area contributed by atoms with Crippen molar-refractivity contribution >= 4 is 17.2 Å². The van der Waals surface area contributed by atoms with Crippen LogP contribution in [0.15, 0.2) is 41.8 Å². The molecule has 0 radical (unpaired) electrons. The van der Waals surface area contributed by atoms with Crippen molar-refractivity contribution in [3.05, 3.63) is 46.7 Å². The second kappa shape index (κ2) is 7.96. The summed E-state index contributed by atoms with van der Waals surface area (Å²) >= 11 is 1.72. The Balaban J connectivity index is 1.77. The molecule has 4 heteroatoms. The van der Waals surface area contributed by atoms with E-state index in [1.165, 1.54) is 16.0 Å². The van der Waals surface area contributed by atoms with Gasteiger partial charge in [-0.2, -0.15) is 0 Å². The fraction of sp³-hybridized carbons (Fsp3) is 0.353. The summed E-state index contributed by atoms with van der Waals surface area (Å²) in [5, 5.41) is 8.25. The number of nitrogens with one attached hydrogen (secondary N) is 2. The van der Waals surface area contributed by atoms with Crippen molar-refractivity contribution in [1.29, 1.82) is 0 Å². The number of rotatable bonds is 7. The van der Waals surface area contributed by atoms with E-state index in [2.05, 4.69) is 48.1 Å². The Hall–Kier alpha value is -1.65. The Labute approximate surface area is 130 Å². The zero-order valence-corrected chi connectivity index (χ0v) is 13.4. The van der Waals surface area contributed by atoms with Crippen molar-refractivity contribution in [3.63, 3.8) is 0 Å². The van der Waals surface area contributed by atoms with E-state index in [9.17, 15) is 4.79 Å². The number of benzene rings is 1. The third-order valence-corrected chi connectivity index (χ3v) is 3.99. The molecule has 2 aromatic rings. The minimum Gasteiger partial charge on any atom is -0.355 e. The number of hydrogen-bond donors (Lipinski definition) is 2. The number of carbonyl (C=O) groups excluding carboxylic acids is 1. The molecule has 2 rings (SSSR count). The van der Waals surface area contributed by atoms with Gasteiger partial charge in [0, 0.05) is 18.0 Å². The van der Waals surface area contributed by atoms with Crippen molar-refractivity contribution in [3.8, 4) is 11.1 Å². The van der Waals surface area contributed by atoms with Gasteiger partial charge < -0.3 is 10.6 Å². The summed E-state index contributed by atoms with van der Waals surface area (Å²) in [4.78, 5) is 12.8. The second-order valence-electron chi connectivity index (χ2n) is 5.47. The van der Waals surface area contributed by atoms with Crippen molar-refractivity contribution < 1.29 is 4.79 Å². The van der Waals surface area contributed by atoms with Gasteiger partial charge in [0.05, 0.1) is 6.54 Å². The van der Waals surface area contributed by atoms with Crippen molar-refractivity contribution in [2.45, 2.75) is 20.4 Å². The summed E-state index contributed by atoms with van der Waals surface area (Å²) in [5.74, 6) is 0.545. The molecular formula is C17H22N2OS.